The van der Waals surface area contributed by atoms with Gasteiger partial charge in [0.15, 0.2) is 0 Å². The molecule has 5 heteroatoms. The van der Waals surface area contributed by atoms with E-state index in [1.807, 2.05) is 0 Å². The fourth-order valence-electron chi connectivity index (χ4n) is 1.57. The molecule has 1 fully saturated rings. The van der Waals surface area contributed by atoms with Crippen LogP contribution in [-0.4, -0.2) is 15.4 Å². The molecule has 1 N–H and O–H groups in total. The molecule has 3 nitrogen and oxygen atoms in total. The SMILES string of the molecule is Fc1ccc(Cc2nsc(NC3CC3)n2)cc1. The highest BCUT2D eigenvalue weighted by atomic mass is 32.1. The van der Waals surface area contributed by atoms with Gasteiger partial charge in [-0.15, -0.1) is 0 Å². The van der Waals surface area contributed by atoms with Crippen LogP contribution in [0.5, 0.6) is 0 Å². The van der Waals surface area contributed by atoms with Gasteiger partial charge in [0.05, 0.1) is 0 Å². The average Bonchev–Trinajstić information content (AvgIpc) is 3.02. The summed E-state index contributed by atoms with van der Waals surface area (Å²) in [5.74, 6) is 0.584. The summed E-state index contributed by atoms with van der Waals surface area (Å²) in [6, 6.07) is 7.06. The molecule has 17 heavy (non-hydrogen) atoms. The topological polar surface area (TPSA) is 37.8 Å². The van der Waals surface area contributed by atoms with E-state index in [9.17, 15) is 4.39 Å². The third-order valence-corrected chi connectivity index (χ3v) is 3.33. The van der Waals surface area contributed by atoms with Gasteiger partial charge >= 0.3 is 0 Å². The molecule has 1 aromatic heterocycles. The van der Waals surface area contributed by atoms with Crippen molar-refractivity contribution in [2.75, 3.05) is 5.32 Å². The zero-order valence-electron chi connectivity index (χ0n) is 9.19. The second-order valence-corrected chi connectivity index (χ2v) is 4.99. The van der Waals surface area contributed by atoms with Crippen molar-refractivity contribution < 1.29 is 4.39 Å². The first-order chi connectivity index (χ1) is 8.29. The number of nitrogens with zero attached hydrogens (tertiary/aromatic N) is 2. The van der Waals surface area contributed by atoms with Gasteiger partial charge in [-0.1, -0.05) is 12.1 Å². The molecule has 0 amide bonds. The first kappa shape index (κ1) is 10.7. The average molecular weight is 249 g/mol. The lowest BCUT2D eigenvalue weighted by Crippen LogP contribution is -2.00. The van der Waals surface area contributed by atoms with E-state index < -0.39 is 0 Å². The number of anilines is 1. The summed E-state index contributed by atoms with van der Waals surface area (Å²) in [6.45, 7) is 0. The van der Waals surface area contributed by atoms with Crippen molar-refractivity contribution in [3.8, 4) is 0 Å². The normalized spacial score (nSPS) is 14.9. The standard InChI is InChI=1S/C12H12FN3S/c13-9-3-1-8(2-4-9)7-11-15-12(17-16-11)14-10-5-6-10/h1-4,10H,5-7H2,(H,14,15,16). The minimum Gasteiger partial charge on any atom is -0.358 e. The quantitative estimate of drug-likeness (QED) is 0.905. The molecule has 0 atom stereocenters. The van der Waals surface area contributed by atoms with Crippen molar-refractivity contribution >= 4 is 16.7 Å². The van der Waals surface area contributed by atoms with Gasteiger partial charge in [-0.05, 0) is 30.5 Å². The highest BCUT2D eigenvalue weighted by Crippen LogP contribution is 2.25. The Labute approximate surface area is 103 Å². The zero-order chi connectivity index (χ0) is 11.7. The maximum absolute atomic E-state index is 12.7. The van der Waals surface area contributed by atoms with Crippen LogP contribution in [0.1, 0.15) is 24.2 Å². The predicted molar refractivity (Wildman–Crippen MR) is 65.8 cm³/mol. The summed E-state index contributed by atoms with van der Waals surface area (Å²) in [6.07, 6.45) is 3.11. The third kappa shape index (κ3) is 2.79. The molecule has 0 unspecified atom stereocenters. The van der Waals surface area contributed by atoms with Crippen molar-refractivity contribution in [1.82, 2.24) is 9.36 Å². The minimum absolute atomic E-state index is 0.212. The van der Waals surface area contributed by atoms with Gasteiger partial charge in [0, 0.05) is 24.0 Å². The van der Waals surface area contributed by atoms with Crippen LogP contribution >= 0.6 is 11.5 Å². The minimum atomic E-state index is -0.212. The summed E-state index contributed by atoms with van der Waals surface area (Å²) in [7, 11) is 0. The molecule has 0 aliphatic heterocycles. The summed E-state index contributed by atoms with van der Waals surface area (Å²) in [5.41, 5.74) is 1.03. The number of halogens is 1. The van der Waals surface area contributed by atoms with Crippen LogP contribution in [0.2, 0.25) is 0 Å². The van der Waals surface area contributed by atoms with Crippen LogP contribution in [0.15, 0.2) is 24.3 Å². The van der Waals surface area contributed by atoms with Gasteiger partial charge in [-0.25, -0.2) is 9.37 Å². The lowest BCUT2D eigenvalue weighted by atomic mass is 10.1. The summed E-state index contributed by atoms with van der Waals surface area (Å²) >= 11 is 1.39. The highest BCUT2D eigenvalue weighted by molar-refractivity contribution is 7.09. The Morgan fingerprint density at radius 1 is 1.29 bits per heavy atom. The fraction of sp³-hybridized carbons (Fsp3) is 0.333. The molecule has 1 heterocycles. The van der Waals surface area contributed by atoms with Gasteiger partial charge in [-0.2, -0.15) is 4.37 Å². The monoisotopic (exact) mass is 249 g/mol. The number of hydrogen-bond donors (Lipinski definition) is 1. The zero-order valence-corrected chi connectivity index (χ0v) is 10.0. The molecule has 2 aromatic rings. The molecule has 88 valence electrons. The molecule has 0 saturated heterocycles. The van der Waals surface area contributed by atoms with E-state index in [1.165, 1.54) is 36.5 Å². The van der Waals surface area contributed by atoms with Crippen molar-refractivity contribution in [2.24, 2.45) is 0 Å². The first-order valence-electron chi connectivity index (χ1n) is 5.63. The van der Waals surface area contributed by atoms with Gasteiger partial charge in [0.2, 0.25) is 5.13 Å². The van der Waals surface area contributed by atoms with Crippen LogP contribution < -0.4 is 5.32 Å². The number of aromatic nitrogens is 2. The van der Waals surface area contributed by atoms with Crippen molar-refractivity contribution in [1.29, 1.82) is 0 Å². The second-order valence-electron chi connectivity index (χ2n) is 4.24. The Bertz CT molecular complexity index is 505. The van der Waals surface area contributed by atoms with Crippen LogP contribution in [-0.2, 0) is 6.42 Å². The number of hydrogen-bond acceptors (Lipinski definition) is 4. The predicted octanol–water partition coefficient (Wildman–Crippen LogP) is 2.84. The molecular formula is C12H12FN3S. The van der Waals surface area contributed by atoms with E-state index in [1.54, 1.807) is 12.1 Å². The molecule has 3 rings (SSSR count). The van der Waals surface area contributed by atoms with Crippen molar-refractivity contribution in [2.45, 2.75) is 25.3 Å². The molecule has 1 aromatic carbocycles. The maximum Gasteiger partial charge on any atom is 0.202 e. The molecule has 0 radical (unpaired) electrons. The molecule has 0 bridgehead atoms. The maximum atomic E-state index is 12.7. The smallest absolute Gasteiger partial charge is 0.202 e. The molecule has 1 saturated carbocycles. The van der Waals surface area contributed by atoms with E-state index >= 15 is 0 Å². The van der Waals surface area contributed by atoms with Gasteiger partial charge in [0.1, 0.15) is 11.6 Å². The molecule has 1 aliphatic carbocycles. The van der Waals surface area contributed by atoms with Crippen LogP contribution in [0.25, 0.3) is 0 Å². The Morgan fingerprint density at radius 3 is 2.76 bits per heavy atom. The Hall–Kier alpha value is -1.49. The Kier molecular flexibility index (Phi) is 2.76. The van der Waals surface area contributed by atoms with Crippen LogP contribution in [0, 0.1) is 5.82 Å². The first-order valence-corrected chi connectivity index (χ1v) is 6.40. The second kappa shape index (κ2) is 4.41. The summed E-state index contributed by atoms with van der Waals surface area (Å²) in [5, 5.41) is 4.21. The molecule has 1 aliphatic rings. The van der Waals surface area contributed by atoms with Crippen molar-refractivity contribution in [3.63, 3.8) is 0 Å². The Balaban J connectivity index is 1.67. The largest absolute Gasteiger partial charge is 0.358 e. The van der Waals surface area contributed by atoms with Crippen molar-refractivity contribution in [3.05, 3.63) is 41.5 Å². The van der Waals surface area contributed by atoms with Crippen LogP contribution in [0.4, 0.5) is 9.52 Å². The lowest BCUT2D eigenvalue weighted by molar-refractivity contribution is 0.627. The van der Waals surface area contributed by atoms with E-state index in [-0.39, 0.29) is 5.82 Å². The third-order valence-electron chi connectivity index (χ3n) is 2.65. The van der Waals surface area contributed by atoms with E-state index in [4.69, 9.17) is 0 Å². The fourth-order valence-corrected chi connectivity index (χ4v) is 2.23. The molecule has 0 spiro atoms. The summed E-state index contributed by atoms with van der Waals surface area (Å²) in [4.78, 5) is 4.41. The number of benzene rings is 1. The van der Waals surface area contributed by atoms with Gasteiger partial charge in [-0.3, -0.25) is 0 Å². The van der Waals surface area contributed by atoms with E-state index in [0.717, 1.165) is 16.5 Å². The highest BCUT2D eigenvalue weighted by Gasteiger charge is 2.22. The number of nitrogens with one attached hydrogen (secondary N) is 1. The van der Waals surface area contributed by atoms with E-state index in [2.05, 4.69) is 14.7 Å². The van der Waals surface area contributed by atoms with Crippen LogP contribution in [0.3, 0.4) is 0 Å². The van der Waals surface area contributed by atoms with E-state index in [0.29, 0.717) is 12.5 Å². The van der Waals surface area contributed by atoms with Gasteiger partial charge in [0.25, 0.3) is 0 Å². The lowest BCUT2D eigenvalue weighted by Gasteiger charge is -1.97. The summed E-state index contributed by atoms with van der Waals surface area (Å²) < 4.78 is 17.0. The molecular weight excluding hydrogens is 237 g/mol. The Morgan fingerprint density at radius 2 is 2.06 bits per heavy atom. The van der Waals surface area contributed by atoms with Gasteiger partial charge < -0.3 is 5.32 Å². The number of rotatable bonds is 4.